The average Bonchev–Trinajstić information content (AvgIpc) is 3.36. The first-order valence-electron chi connectivity index (χ1n) is 13.4. The summed E-state index contributed by atoms with van der Waals surface area (Å²) in [6, 6.07) is 5.71. The SMILES string of the molecule is CCC(C)C(Nc1ccc2c(cc1=O)C(NC(C)=O)CCc1cc(OC)c(OC)c(OC)c1-2)C(=O)Nc1ncn[nH]1. The van der Waals surface area contributed by atoms with Gasteiger partial charge in [0.1, 0.15) is 12.4 Å². The summed E-state index contributed by atoms with van der Waals surface area (Å²) in [5.74, 6) is 0.920. The topological polar surface area (TPSA) is 157 Å². The first-order valence-corrected chi connectivity index (χ1v) is 13.4. The molecule has 1 aliphatic carbocycles. The number of aryl methyl sites for hydroxylation is 1. The van der Waals surface area contributed by atoms with E-state index >= 15 is 0 Å². The molecule has 0 aliphatic heterocycles. The third-order valence-electron chi connectivity index (χ3n) is 7.38. The second-order valence-corrected chi connectivity index (χ2v) is 9.93. The molecular formula is C29H36N6O6. The monoisotopic (exact) mass is 564 g/mol. The summed E-state index contributed by atoms with van der Waals surface area (Å²) in [6.07, 6.45) is 3.11. The Labute approximate surface area is 238 Å². The van der Waals surface area contributed by atoms with Crippen LogP contribution in [-0.4, -0.2) is 54.4 Å². The van der Waals surface area contributed by atoms with E-state index in [2.05, 4.69) is 31.1 Å². The predicted molar refractivity (Wildman–Crippen MR) is 155 cm³/mol. The highest BCUT2D eigenvalue weighted by Crippen LogP contribution is 2.50. The van der Waals surface area contributed by atoms with Crippen LogP contribution in [-0.2, 0) is 16.0 Å². The van der Waals surface area contributed by atoms with E-state index in [9.17, 15) is 14.4 Å². The van der Waals surface area contributed by atoms with Crippen LogP contribution in [0.1, 0.15) is 50.8 Å². The van der Waals surface area contributed by atoms with Crippen LogP contribution < -0.4 is 35.6 Å². The average molecular weight is 565 g/mol. The first kappa shape index (κ1) is 29.4. The van der Waals surface area contributed by atoms with Crippen LogP contribution >= 0.6 is 0 Å². The number of nitrogens with zero attached hydrogens (tertiary/aromatic N) is 2. The Morgan fingerprint density at radius 1 is 1.12 bits per heavy atom. The molecule has 0 bridgehead atoms. The van der Waals surface area contributed by atoms with Crippen molar-refractivity contribution in [1.29, 1.82) is 0 Å². The second kappa shape index (κ2) is 12.7. The zero-order valence-electron chi connectivity index (χ0n) is 24.1. The van der Waals surface area contributed by atoms with Gasteiger partial charge in [-0.2, -0.15) is 10.1 Å². The second-order valence-electron chi connectivity index (χ2n) is 9.93. The molecule has 4 rings (SSSR count). The fourth-order valence-corrected chi connectivity index (χ4v) is 5.16. The van der Waals surface area contributed by atoms with Crippen molar-refractivity contribution in [3.8, 4) is 28.4 Å². The van der Waals surface area contributed by atoms with Gasteiger partial charge in [0, 0.05) is 12.5 Å². The molecule has 218 valence electrons. The highest BCUT2D eigenvalue weighted by molar-refractivity contribution is 5.95. The van der Waals surface area contributed by atoms with Gasteiger partial charge in [-0.3, -0.25) is 19.7 Å². The Morgan fingerprint density at radius 2 is 1.88 bits per heavy atom. The van der Waals surface area contributed by atoms with E-state index in [0.717, 1.165) is 11.1 Å². The molecule has 0 fully saturated rings. The van der Waals surface area contributed by atoms with Gasteiger partial charge in [-0.25, -0.2) is 5.10 Å². The van der Waals surface area contributed by atoms with Crippen molar-refractivity contribution in [3.63, 3.8) is 0 Å². The Hall–Kier alpha value is -4.61. The van der Waals surface area contributed by atoms with Gasteiger partial charge >= 0.3 is 0 Å². The minimum absolute atomic E-state index is 0.120. The Bertz CT molecular complexity index is 1480. The highest BCUT2D eigenvalue weighted by Gasteiger charge is 2.30. The Balaban J connectivity index is 1.88. The van der Waals surface area contributed by atoms with Crippen molar-refractivity contribution in [2.24, 2.45) is 5.92 Å². The number of hydrogen-bond acceptors (Lipinski definition) is 9. The third-order valence-corrected chi connectivity index (χ3v) is 7.38. The van der Waals surface area contributed by atoms with Gasteiger partial charge in [-0.15, -0.1) is 0 Å². The molecule has 12 heteroatoms. The van der Waals surface area contributed by atoms with Crippen LogP contribution in [0.15, 0.2) is 35.4 Å². The summed E-state index contributed by atoms with van der Waals surface area (Å²) in [5.41, 5.74) is 2.91. The van der Waals surface area contributed by atoms with Gasteiger partial charge in [0.25, 0.3) is 0 Å². The summed E-state index contributed by atoms with van der Waals surface area (Å²) in [5, 5.41) is 15.2. The molecule has 1 aliphatic rings. The molecule has 12 nitrogen and oxygen atoms in total. The molecule has 4 N–H and O–H groups in total. The highest BCUT2D eigenvalue weighted by atomic mass is 16.5. The number of rotatable bonds is 10. The zero-order valence-corrected chi connectivity index (χ0v) is 24.1. The van der Waals surface area contributed by atoms with Crippen LogP contribution in [0.5, 0.6) is 17.2 Å². The summed E-state index contributed by atoms with van der Waals surface area (Å²) >= 11 is 0. The maximum absolute atomic E-state index is 13.7. The first-order chi connectivity index (χ1) is 19.7. The third kappa shape index (κ3) is 6.11. The molecule has 0 saturated heterocycles. The van der Waals surface area contributed by atoms with Crippen LogP contribution in [0.3, 0.4) is 0 Å². The molecule has 3 aromatic rings. The lowest BCUT2D eigenvalue weighted by atomic mass is 9.95. The van der Waals surface area contributed by atoms with Crippen molar-refractivity contribution in [1.82, 2.24) is 20.5 Å². The lowest BCUT2D eigenvalue weighted by molar-refractivity contribution is -0.120. The number of hydrogen-bond donors (Lipinski definition) is 4. The Morgan fingerprint density at radius 3 is 2.49 bits per heavy atom. The maximum Gasteiger partial charge on any atom is 0.249 e. The number of nitrogens with one attached hydrogen (secondary N) is 4. The molecule has 3 unspecified atom stereocenters. The minimum atomic E-state index is -0.739. The van der Waals surface area contributed by atoms with Crippen LogP contribution in [0.4, 0.5) is 11.6 Å². The van der Waals surface area contributed by atoms with Crippen molar-refractivity contribution < 1.29 is 23.8 Å². The van der Waals surface area contributed by atoms with Gasteiger partial charge in [-0.1, -0.05) is 26.3 Å². The maximum atomic E-state index is 13.7. The van der Waals surface area contributed by atoms with Gasteiger partial charge in [0.2, 0.25) is 28.9 Å². The number of methoxy groups -OCH3 is 3. The number of amides is 2. The molecule has 3 atom stereocenters. The minimum Gasteiger partial charge on any atom is -0.493 e. The number of ether oxygens (including phenoxy) is 3. The van der Waals surface area contributed by atoms with Crippen molar-refractivity contribution in [3.05, 3.63) is 51.9 Å². The molecule has 2 amide bonds. The van der Waals surface area contributed by atoms with E-state index in [4.69, 9.17) is 14.2 Å². The lowest BCUT2D eigenvalue weighted by Gasteiger charge is -2.23. The quantitative estimate of drug-likeness (QED) is 0.290. The number of benzene rings is 1. The van der Waals surface area contributed by atoms with Crippen LogP contribution in [0.2, 0.25) is 0 Å². The Kier molecular flexibility index (Phi) is 9.10. The van der Waals surface area contributed by atoms with Gasteiger partial charge in [0.05, 0.1) is 33.1 Å². The number of aromatic nitrogens is 3. The molecule has 0 saturated carbocycles. The van der Waals surface area contributed by atoms with Gasteiger partial charge in [-0.05, 0) is 53.6 Å². The normalized spacial score (nSPS) is 15.3. The predicted octanol–water partition coefficient (Wildman–Crippen LogP) is 3.45. The number of carbonyl (C=O) groups is 2. The number of aromatic amines is 1. The summed E-state index contributed by atoms with van der Waals surface area (Å²) < 4.78 is 17.1. The summed E-state index contributed by atoms with van der Waals surface area (Å²) in [7, 11) is 4.64. The van der Waals surface area contributed by atoms with Crippen LogP contribution in [0, 0.1) is 5.92 Å². The summed E-state index contributed by atoms with van der Waals surface area (Å²) in [4.78, 5) is 43.1. The molecule has 41 heavy (non-hydrogen) atoms. The van der Waals surface area contributed by atoms with E-state index < -0.39 is 12.1 Å². The lowest BCUT2D eigenvalue weighted by Crippen LogP contribution is -2.41. The molecule has 0 radical (unpaired) electrons. The van der Waals surface area contributed by atoms with Crippen molar-refractivity contribution in [2.45, 2.75) is 52.1 Å². The van der Waals surface area contributed by atoms with E-state index in [1.807, 2.05) is 26.0 Å². The standard InChI is InChI=1S/C29H36N6O6/c1-7-15(2)25(28(38)34-29-30-14-31-35-29)33-21-11-9-18-19(13-22(21)37)20(32-16(3)36)10-8-17-12-23(39-4)26(40-5)27(41-6)24(17)18/h9,11-15,20,25H,7-8,10H2,1-6H3,(H,32,36)(H,33,37)(H2,30,31,34,35,38). The van der Waals surface area contributed by atoms with Crippen molar-refractivity contribution in [2.75, 3.05) is 32.0 Å². The number of H-pyrrole nitrogens is 1. The number of anilines is 2. The molecule has 2 aromatic carbocycles. The van der Waals surface area contributed by atoms with Crippen LogP contribution in [0.25, 0.3) is 11.1 Å². The smallest absolute Gasteiger partial charge is 0.249 e. The molecule has 1 aromatic heterocycles. The zero-order chi connectivity index (χ0) is 29.7. The van der Waals surface area contributed by atoms with Gasteiger partial charge < -0.3 is 24.8 Å². The molecule has 1 heterocycles. The van der Waals surface area contributed by atoms with E-state index in [1.54, 1.807) is 20.3 Å². The molecule has 0 spiro atoms. The fraction of sp³-hybridized carbons (Fsp3) is 0.414. The van der Waals surface area contributed by atoms with E-state index in [1.165, 1.54) is 26.4 Å². The van der Waals surface area contributed by atoms with E-state index in [-0.39, 0.29) is 34.8 Å². The fourth-order valence-electron chi connectivity index (χ4n) is 5.16. The number of carbonyl (C=O) groups excluding carboxylic acids is 2. The van der Waals surface area contributed by atoms with Gasteiger partial charge in [0.15, 0.2) is 11.5 Å². The van der Waals surface area contributed by atoms with Crippen molar-refractivity contribution >= 4 is 23.5 Å². The molecular weight excluding hydrogens is 528 g/mol. The van der Waals surface area contributed by atoms with E-state index in [0.29, 0.717) is 47.6 Å². The largest absolute Gasteiger partial charge is 0.493 e. The number of fused-ring (bicyclic) bond motifs is 3. The summed E-state index contributed by atoms with van der Waals surface area (Å²) in [6.45, 7) is 5.34.